The molecule has 0 unspecified atom stereocenters. The van der Waals surface area contributed by atoms with Crippen LogP contribution in [0.1, 0.15) is 66.0 Å². The fraction of sp³-hybridized carbons (Fsp3) is 0.481. The Hall–Kier alpha value is -2.82. The highest BCUT2D eigenvalue weighted by atomic mass is 16.5. The minimum atomic E-state index is -0.575. The first-order chi connectivity index (χ1) is 14.9. The molecule has 1 atom stereocenters. The molecule has 0 aliphatic carbocycles. The molecule has 2 rings (SSSR count). The third-order valence-electron chi connectivity index (χ3n) is 5.16. The van der Waals surface area contributed by atoms with Crippen molar-refractivity contribution in [3.8, 4) is 5.75 Å². The quantitative estimate of drug-likeness (QED) is 0.625. The van der Waals surface area contributed by atoms with Crippen molar-refractivity contribution in [2.75, 3.05) is 6.61 Å². The highest BCUT2D eigenvalue weighted by Gasteiger charge is 2.30. The first-order valence-corrected chi connectivity index (χ1v) is 11.3. The number of nitrogens with one attached hydrogen (secondary N) is 1. The molecule has 1 N–H and O–H groups in total. The van der Waals surface area contributed by atoms with Gasteiger partial charge in [-0.1, -0.05) is 70.2 Å². The SMILES string of the molecule is CC[C@@H](C(=O)NC(C)(C)C)N(Cc1ccccc1)C(=O)COc1ccc(C(C)(C)C)cc1. The van der Waals surface area contributed by atoms with Crippen LogP contribution < -0.4 is 10.1 Å². The van der Waals surface area contributed by atoms with Crippen LogP contribution in [0.25, 0.3) is 0 Å². The van der Waals surface area contributed by atoms with Gasteiger partial charge >= 0.3 is 0 Å². The van der Waals surface area contributed by atoms with Crippen LogP contribution in [-0.2, 0) is 21.5 Å². The van der Waals surface area contributed by atoms with Gasteiger partial charge in [0.1, 0.15) is 11.8 Å². The summed E-state index contributed by atoms with van der Waals surface area (Å²) >= 11 is 0. The molecule has 5 nitrogen and oxygen atoms in total. The maximum absolute atomic E-state index is 13.2. The zero-order chi connectivity index (χ0) is 23.9. The van der Waals surface area contributed by atoms with Crippen LogP contribution >= 0.6 is 0 Å². The highest BCUT2D eigenvalue weighted by molar-refractivity contribution is 5.88. The molecule has 0 aliphatic rings. The lowest BCUT2D eigenvalue weighted by molar-refractivity contribution is -0.143. The van der Waals surface area contributed by atoms with Crippen LogP contribution in [0, 0.1) is 0 Å². The largest absolute Gasteiger partial charge is 0.484 e. The maximum Gasteiger partial charge on any atom is 0.261 e. The van der Waals surface area contributed by atoms with E-state index in [-0.39, 0.29) is 29.4 Å². The third kappa shape index (κ3) is 7.70. The molecule has 2 aromatic carbocycles. The second kappa shape index (κ2) is 10.7. The molecular weight excluding hydrogens is 400 g/mol. The van der Waals surface area contributed by atoms with E-state index in [1.54, 1.807) is 4.90 Å². The summed E-state index contributed by atoms with van der Waals surface area (Å²) in [7, 11) is 0. The average Bonchev–Trinajstić information content (AvgIpc) is 2.71. The van der Waals surface area contributed by atoms with Crippen LogP contribution in [-0.4, -0.2) is 34.9 Å². The predicted octanol–water partition coefficient (Wildman–Crippen LogP) is 5.09. The second-order valence-corrected chi connectivity index (χ2v) is 10.2. The highest BCUT2D eigenvalue weighted by Crippen LogP contribution is 2.24. The fourth-order valence-corrected chi connectivity index (χ4v) is 3.43. The molecule has 32 heavy (non-hydrogen) atoms. The van der Waals surface area contributed by atoms with Crippen molar-refractivity contribution in [3.05, 3.63) is 65.7 Å². The Morgan fingerprint density at radius 2 is 1.53 bits per heavy atom. The van der Waals surface area contributed by atoms with Crippen molar-refractivity contribution >= 4 is 11.8 Å². The summed E-state index contributed by atoms with van der Waals surface area (Å²) in [6, 6.07) is 17.0. The topological polar surface area (TPSA) is 58.6 Å². The summed E-state index contributed by atoms with van der Waals surface area (Å²) in [4.78, 5) is 27.8. The summed E-state index contributed by atoms with van der Waals surface area (Å²) in [6.45, 7) is 14.4. The van der Waals surface area contributed by atoms with Crippen molar-refractivity contribution in [1.82, 2.24) is 10.2 Å². The zero-order valence-electron chi connectivity index (χ0n) is 20.6. The number of ether oxygens (including phenoxy) is 1. The summed E-state index contributed by atoms with van der Waals surface area (Å²) in [5, 5.41) is 3.01. The van der Waals surface area contributed by atoms with Crippen molar-refractivity contribution in [1.29, 1.82) is 0 Å². The van der Waals surface area contributed by atoms with Crippen LogP contribution in [0.2, 0.25) is 0 Å². The van der Waals surface area contributed by atoms with E-state index in [4.69, 9.17) is 4.74 Å². The molecule has 5 heteroatoms. The molecular formula is C27H38N2O3. The molecule has 0 spiro atoms. The molecule has 0 heterocycles. The lowest BCUT2D eigenvalue weighted by atomic mass is 9.87. The Morgan fingerprint density at radius 3 is 2.03 bits per heavy atom. The molecule has 0 bridgehead atoms. The number of rotatable bonds is 8. The maximum atomic E-state index is 13.2. The molecule has 0 radical (unpaired) electrons. The van der Waals surface area contributed by atoms with E-state index in [0.717, 1.165) is 5.56 Å². The number of carbonyl (C=O) groups is 2. The number of carbonyl (C=O) groups excluding carboxylic acids is 2. The molecule has 0 fully saturated rings. The van der Waals surface area contributed by atoms with Gasteiger partial charge in [0.05, 0.1) is 0 Å². The lowest BCUT2D eigenvalue weighted by Crippen LogP contribution is -2.54. The van der Waals surface area contributed by atoms with Crippen LogP contribution in [0.4, 0.5) is 0 Å². The van der Waals surface area contributed by atoms with Crippen molar-refractivity contribution in [2.45, 2.75) is 78.4 Å². The fourth-order valence-electron chi connectivity index (χ4n) is 3.43. The Kier molecular flexibility index (Phi) is 8.48. The first kappa shape index (κ1) is 25.4. The number of hydrogen-bond donors (Lipinski definition) is 1. The molecule has 0 aromatic heterocycles. The molecule has 0 saturated heterocycles. The van der Waals surface area contributed by atoms with Gasteiger partial charge in [-0.25, -0.2) is 0 Å². The lowest BCUT2D eigenvalue weighted by Gasteiger charge is -2.33. The van der Waals surface area contributed by atoms with Crippen molar-refractivity contribution in [2.24, 2.45) is 0 Å². The van der Waals surface area contributed by atoms with Gasteiger partial charge in [0.25, 0.3) is 5.91 Å². The van der Waals surface area contributed by atoms with Crippen LogP contribution in [0.15, 0.2) is 54.6 Å². The van der Waals surface area contributed by atoms with Gasteiger partial charge in [0.2, 0.25) is 5.91 Å². The normalized spacial score (nSPS) is 12.7. The average molecular weight is 439 g/mol. The van der Waals surface area contributed by atoms with Gasteiger partial charge < -0.3 is 15.0 Å². The number of benzene rings is 2. The molecule has 0 saturated carbocycles. The van der Waals surface area contributed by atoms with Gasteiger partial charge in [-0.3, -0.25) is 9.59 Å². The zero-order valence-corrected chi connectivity index (χ0v) is 20.6. The minimum absolute atomic E-state index is 0.0512. The molecule has 174 valence electrons. The summed E-state index contributed by atoms with van der Waals surface area (Å²) < 4.78 is 5.81. The van der Waals surface area contributed by atoms with Gasteiger partial charge in [-0.05, 0) is 55.9 Å². The predicted molar refractivity (Wildman–Crippen MR) is 130 cm³/mol. The van der Waals surface area contributed by atoms with E-state index in [9.17, 15) is 9.59 Å². The van der Waals surface area contributed by atoms with E-state index in [0.29, 0.717) is 18.7 Å². The van der Waals surface area contributed by atoms with E-state index in [1.165, 1.54) is 5.56 Å². The summed E-state index contributed by atoms with van der Waals surface area (Å²) in [6.07, 6.45) is 0.515. The number of nitrogens with zero attached hydrogens (tertiary/aromatic N) is 1. The Morgan fingerprint density at radius 1 is 0.938 bits per heavy atom. The number of hydrogen-bond acceptors (Lipinski definition) is 3. The van der Waals surface area contributed by atoms with E-state index in [2.05, 4.69) is 26.1 Å². The summed E-state index contributed by atoms with van der Waals surface area (Å²) in [5.74, 6) is 0.265. The monoisotopic (exact) mass is 438 g/mol. The molecule has 0 aliphatic heterocycles. The third-order valence-corrected chi connectivity index (χ3v) is 5.16. The number of amides is 2. The standard InChI is InChI=1S/C27H38N2O3/c1-8-23(25(31)28-27(5,6)7)29(18-20-12-10-9-11-13-20)24(30)19-32-22-16-14-21(15-17-22)26(2,3)4/h9-17,23H,8,18-19H2,1-7H3,(H,28,31)/t23-/m0/s1. The van der Waals surface area contributed by atoms with E-state index < -0.39 is 6.04 Å². The van der Waals surface area contributed by atoms with Gasteiger partial charge in [0.15, 0.2) is 6.61 Å². The Labute approximate surface area is 193 Å². The summed E-state index contributed by atoms with van der Waals surface area (Å²) in [5.41, 5.74) is 1.84. The molecule has 2 aromatic rings. The first-order valence-electron chi connectivity index (χ1n) is 11.3. The van der Waals surface area contributed by atoms with Crippen LogP contribution in [0.3, 0.4) is 0 Å². The smallest absolute Gasteiger partial charge is 0.261 e. The van der Waals surface area contributed by atoms with Crippen LogP contribution in [0.5, 0.6) is 5.75 Å². The van der Waals surface area contributed by atoms with Gasteiger partial charge in [-0.2, -0.15) is 0 Å². The van der Waals surface area contributed by atoms with Crippen molar-refractivity contribution in [3.63, 3.8) is 0 Å². The van der Waals surface area contributed by atoms with E-state index in [1.807, 2.05) is 82.3 Å². The van der Waals surface area contributed by atoms with Gasteiger partial charge in [0, 0.05) is 12.1 Å². The van der Waals surface area contributed by atoms with Gasteiger partial charge in [-0.15, -0.1) is 0 Å². The Balaban J connectivity index is 2.18. The molecule has 2 amide bonds. The Bertz CT molecular complexity index is 878. The van der Waals surface area contributed by atoms with Crippen molar-refractivity contribution < 1.29 is 14.3 Å². The minimum Gasteiger partial charge on any atom is -0.484 e. The second-order valence-electron chi connectivity index (χ2n) is 10.2. The van der Waals surface area contributed by atoms with E-state index >= 15 is 0 Å².